The number of carbonyl (C=O) groups is 1. The van der Waals surface area contributed by atoms with Crippen LogP contribution < -0.4 is 5.32 Å². The lowest BCUT2D eigenvalue weighted by Gasteiger charge is -2.25. The van der Waals surface area contributed by atoms with Gasteiger partial charge in [0.15, 0.2) is 0 Å². The highest BCUT2D eigenvalue weighted by atomic mass is 19.1. The number of carbonyl (C=O) groups excluding carboxylic acids is 1. The largest absolute Gasteiger partial charge is 0.322 e. The second kappa shape index (κ2) is 6.41. The van der Waals surface area contributed by atoms with E-state index in [0.717, 1.165) is 24.1 Å². The fraction of sp³-hybridized carbons (Fsp3) is 0.316. The predicted octanol–water partition coefficient (Wildman–Crippen LogP) is 4.81. The van der Waals surface area contributed by atoms with Crippen LogP contribution in [0.25, 0.3) is 0 Å². The van der Waals surface area contributed by atoms with E-state index in [4.69, 9.17) is 0 Å². The summed E-state index contributed by atoms with van der Waals surface area (Å²) in [6.45, 7) is 4.70. The van der Waals surface area contributed by atoms with Gasteiger partial charge in [-0.3, -0.25) is 0 Å². The van der Waals surface area contributed by atoms with Crippen molar-refractivity contribution in [1.82, 2.24) is 4.90 Å². The first-order valence-electron chi connectivity index (χ1n) is 7.95. The molecule has 1 saturated heterocycles. The molecule has 0 radical (unpaired) electrons. The Labute approximate surface area is 136 Å². The van der Waals surface area contributed by atoms with Gasteiger partial charge < -0.3 is 10.2 Å². The van der Waals surface area contributed by atoms with Crippen molar-refractivity contribution in [3.05, 3.63) is 65.0 Å². The maximum atomic E-state index is 14.0. The first-order valence-corrected chi connectivity index (χ1v) is 7.95. The van der Waals surface area contributed by atoms with Crippen molar-refractivity contribution in [2.75, 3.05) is 11.9 Å². The lowest BCUT2D eigenvalue weighted by atomic mass is 10.0. The van der Waals surface area contributed by atoms with Crippen LogP contribution in [0.15, 0.2) is 42.5 Å². The van der Waals surface area contributed by atoms with Gasteiger partial charge in [-0.05, 0) is 56.0 Å². The molecule has 0 aromatic heterocycles. The summed E-state index contributed by atoms with van der Waals surface area (Å²) >= 11 is 0. The van der Waals surface area contributed by atoms with E-state index in [1.54, 1.807) is 17.0 Å². The molecule has 0 bridgehead atoms. The summed E-state index contributed by atoms with van der Waals surface area (Å²) in [4.78, 5) is 14.3. The summed E-state index contributed by atoms with van der Waals surface area (Å²) in [5.74, 6) is -0.247. The molecule has 1 aliphatic heterocycles. The molecule has 3 nitrogen and oxygen atoms in total. The Kier molecular flexibility index (Phi) is 4.33. The Morgan fingerprint density at radius 1 is 1.17 bits per heavy atom. The Hall–Kier alpha value is -2.36. The van der Waals surface area contributed by atoms with Gasteiger partial charge in [0.2, 0.25) is 0 Å². The molecule has 1 fully saturated rings. The number of benzene rings is 2. The number of anilines is 1. The lowest BCUT2D eigenvalue weighted by molar-refractivity contribution is 0.206. The second-order valence-corrected chi connectivity index (χ2v) is 6.10. The molecule has 1 atom stereocenters. The molecule has 1 N–H and O–H groups in total. The highest BCUT2D eigenvalue weighted by molar-refractivity contribution is 5.90. The second-order valence-electron chi connectivity index (χ2n) is 6.10. The van der Waals surface area contributed by atoms with Crippen LogP contribution in [0.4, 0.5) is 14.9 Å². The molecule has 2 aromatic carbocycles. The number of nitrogens with zero attached hydrogens (tertiary/aromatic N) is 1. The maximum absolute atomic E-state index is 14.0. The molecule has 23 heavy (non-hydrogen) atoms. The van der Waals surface area contributed by atoms with E-state index >= 15 is 0 Å². The molecule has 2 aromatic rings. The first-order chi connectivity index (χ1) is 11.1. The zero-order valence-corrected chi connectivity index (χ0v) is 13.5. The van der Waals surface area contributed by atoms with Gasteiger partial charge in [-0.2, -0.15) is 0 Å². The number of hydrogen-bond donors (Lipinski definition) is 1. The summed E-state index contributed by atoms with van der Waals surface area (Å²) in [7, 11) is 0. The van der Waals surface area contributed by atoms with E-state index in [1.165, 1.54) is 11.6 Å². The van der Waals surface area contributed by atoms with Gasteiger partial charge in [0.1, 0.15) is 5.82 Å². The van der Waals surface area contributed by atoms with E-state index in [9.17, 15) is 9.18 Å². The van der Waals surface area contributed by atoms with Gasteiger partial charge in [-0.25, -0.2) is 9.18 Å². The summed E-state index contributed by atoms with van der Waals surface area (Å²) in [5, 5.41) is 2.94. The van der Waals surface area contributed by atoms with Gasteiger partial charge in [0, 0.05) is 17.8 Å². The Morgan fingerprint density at radius 3 is 2.70 bits per heavy atom. The molecule has 0 unspecified atom stereocenters. The number of halogens is 1. The van der Waals surface area contributed by atoms with Crippen LogP contribution in [-0.4, -0.2) is 17.5 Å². The van der Waals surface area contributed by atoms with Crippen molar-refractivity contribution < 1.29 is 9.18 Å². The van der Waals surface area contributed by atoms with E-state index in [-0.39, 0.29) is 17.9 Å². The number of likely N-dealkylation sites (tertiary alicyclic amines) is 1. The summed E-state index contributed by atoms with van der Waals surface area (Å²) in [5.41, 5.74) is 3.70. The van der Waals surface area contributed by atoms with Gasteiger partial charge in [-0.1, -0.05) is 24.3 Å². The van der Waals surface area contributed by atoms with Crippen molar-refractivity contribution in [3.63, 3.8) is 0 Å². The molecule has 3 rings (SSSR count). The Morgan fingerprint density at radius 2 is 1.96 bits per heavy atom. The molecular weight excluding hydrogens is 291 g/mol. The number of nitrogens with one attached hydrogen (secondary N) is 1. The molecule has 1 aliphatic rings. The highest BCUT2D eigenvalue weighted by Crippen LogP contribution is 2.33. The molecule has 0 aliphatic carbocycles. The van der Waals surface area contributed by atoms with E-state index in [1.807, 2.05) is 38.1 Å². The van der Waals surface area contributed by atoms with Crippen LogP contribution in [0.3, 0.4) is 0 Å². The maximum Gasteiger partial charge on any atom is 0.322 e. The van der Waals surface area contributed by atoms with Gasteiger partial charge in [0.25, 0.3) is 0 Å². The normalized spacial score (nSPS) is 17.3. The summed E-state index contributed by atoms with van der Waals surface area (Å²) in [6.07, 6.45) is 1.68. The third-order valence-electron chi connectivity index (χ3n) is 4.54. The minimum atomic E-state index is -0.247. The number of aryl methyl sites for hydroxylation is 2. The zero-order chi connectivity index (χ0) is 16.4. The van der Waals surface area contributed by atoms with E-state index in [0.29, 0.717) is 12.1 Å². The van der Waals surface area contributed by atoms with Crippen LogP contribution in [0, 0.1) is 19.7 Å². The quantitative estimate of drug-likeness (QED) is 0.848. The van der Waals surface area contributed by atoms with E-state index in [2.05, 4.69) is 5.32 Å². The average molecular weight is 312 g/mol. The summed E-state index contributed by atoms with van der Waals surface area (Å²) < 4.78 is 14.0. The van der Waals surface area contributed by atoms with Crippen LogP contribution >= 0.6 is 0 Å². The number of urea groups is 1. The monoisotopic (exact) mass is 312 g/mol. The van der Waals surface area contributed by atoms with Crippen molar-refractivity contribution in [2.45, 2.75) is 32.7 Å². The van der Waals surface area contributed by atoms with Gasteiger partial charge in [-0.15, -0.1) is 0 Å². The third-order valence-corrected chi connectivity index (χ3v) is 4.54. The van der Waals surface area contributed by atoms with Gasteiger partial charge in [0.05, 0.1) is 6.04 Å². The molecular formula is C19H21FN2O. The van der Waals surface area contributed by atoms with Gasteiger partial charge >= 0.3 is 6.03 Å². The number of amides is 2. The van der Waals surface area contributed by atoms with Crippen LogP contribution in [-0.2, 0) is 0 Å². The molecule has 0 saturated carbocycles. The molecule has 0 spiro atoms. The number of hydrogen-bond acceptors (Lipinski definition) is 1. The van der Waals surface area contributed by atoms with Crippen LogP contribution in [0.5, 0.6) is 0 Å². The Bertz CT molecular complexity index is 729. The zero-order valence-electron chi connectivity index (χ0n) is 13.5. The van der Waals surface area contributed by atoms with Crippen molar-refractivity contribution in [3.8, 4) is 0 Å². The highest BCUT2D eigenvalue weighted by Gasteiger charge is 2.31. The molecule has 4 heteroatoms. The molecule has 2 amide bonds. The minimum Gasteiger partial charge on any atom is -0.317 e. The minimum absolute atomic E-state index is 0.168. The third kappa shape index (κ3) is 3.21. The predicted molar refractivity (Wildman–Crippen MR) is 90.0 cm³/mol. The lowest BCUT2D eigenvalue weighted by Crippen LogP contribution is -2.34. The van der Waals surface area contributed by atoms with Crippen molar-refractivity contribution in [2.24, 2.45) is 0 Å². The average Bonchev–Trinajstić information content (AvgIpc) is 3.01. The fourth-order valence-corrected chi connectivity index (χ4v) is 3.09. The Balaban J connectivity index is 1.78. The fourth-order valence-electron chi connectivity index (χ4n) is 3.09. The van der Waals surface area contributed by atoms with Crippen molar-refractivity contribution in [1.29, 1.82) is 0 Å². The van der Waals surface area contributed by atoms with E-state index < -0.39 is 0 Å². The molecule has 120 valence electrons. The van der Waals surface area contributed by atoms with Crippen LogP contribution in [0.2, 0.25) is 0 Å². The first kappa shape index (κ1) is 15.5. The van der Waals surface area contributed by atoms with Crippen LogP contribution in [0.1, 0.15) is 35.6 Å². The standard InChI is InChI=1S/C19H21FN2O/c1-13-9-10-15(12-14(13)2)21-19(23)22-11-5-8-18(22)16-6-3-4-7-17(16)20/h3-4,6-7,9-10,12,18H,5,8,11H2,1-2H3,(H,21,23)/t18-/m0/s1. The number of rotatable bonds is 2. The van der Waals surface area contributed by atoms with Crippen molar-refractivity contribution >= 4 is 11.7 Å². The molecule has 1 heterocycles. The SMILES string of the molecule is Cc1ccc(NC(=O)N2CCC[C@H]2c2ccccc2F)cc1C. The topological polar surface area (TPSA) is 32.3 Å². The summed E-state index contributed by atoms with van der Waals surface area (Å²) in [6, 6.07) is 12.2. The smallest absolute Gasteiger partial charge is 0.317 e.